The molecule has 3 rings (SSSR count). The Morgan fingerprint density at radius 1 is 0.926 bits per heavy atom. The zero-order valence-corrected chi connectivity index (χ0v) is 16.6. The maximum absolute atomic E-state index is 12.9. The maximum atomic E-state index is 12.9. The van der Waals surface area contributed by atoms with Crippen LogP contribution in [0.3, 0.4) is 0 Å². The van der Waals surface area contributed by atoms with E-state index in [1.165, 1.54) is 11.1 Å². The molecule has 1 unspecified atom stereocenters. The Bertz CT molecular complexity index is 725. The summed E-state index contributed by atoms with van der Waals surface area (Å²) in [5.74, 6) is -0.129. The first-order valence-corrected chi connectivity index (χ1v) is 9.68. The number of carbonyl (C=O) groups excluding carboxylic acids is 1. The summed E-state index contributed by atoms with van der Waals surface area (Å²) in [6, 6.07) is 20.5. The lowest BCUT2D eigenvalue weighted by molar-refractivity contribution is -0.164. The molecule has 1 heterocycles. The van der Waals surface area contributed by atoms with Crippen LogP contribution in [0.4, 0.5) is 0 Å². The minimum atomic E-state index is -0.475. The number of hydrogen-bond acceptors (Lipinski definition) is 4. The third kappa shape index (κ3) is 5.91. The Kier molecular flexibility index (Phi) is 6.30. The first-order chi connectivity index (χ1) is 12.9. The molecule has 0 saturated carbocycles. The third-order valence-corrected chi connectivity index (χ3v) is 4.73. The van der Waals surface area contributed by atoms with Crippen LogP contribution < -0.4 is 0 Å². The van der Waals surface area contributed by atoms with Crippen molar-refractivity contribution in [2.24, 2.45) is 0 Å². The lowest BCUT2D eigenvalue weighted by atomic mass is 10.1. The van der Waals surface area contributed by atoms with Gasteiger partial charge in [0.25, 0.3) is 0 Å². The van der Waals surface area contributed by atoms with Gasteiger partial charge in [-0.2, -0.15) is 0 Å². The van der Waals surface area contributed by atoms with Crippen molar-refractivity contribution in [2.45, 2.75) is 45.5 Å². The molecule has 1 aliphatic heterocycles. The van der Waals surface area contributed by atoms with Crippen molar-refractivity contribution in [2.75, 3.05) is 19.6 Å². The summed E-state index contributed by atoms with van der Waals surface area (Å²) in [7, 11) is 0. The molecule has 0 amide bonds. The fourth-order valence-electron chi connectivity index (χ4n) is 3.46. The number of carbonyl (C=O) groups is 1. The molecular formula is C23H30N2O2. The monoisotopic (exact) mass is 366 g/mol. The molecule has 2 aromatic carbocycles. The highest BCUT2D eigenvalue weighted by molar-refractivity contribution is 5.76. The van der Waals surface area contributed by atoms with Gasteiger partial charge in [0.15, 0.2) is 0 Å². The van der Waals surface area contributed by atoms with E-state index in [1.807, 2.05) is 45.0 Å². The average molecular weight is 367 g/mol. The van der Waals surface area contributed by atoms with Crippen molar-refractivity contribution in [3.8, 4) is 0 Å². The van der Waals surface area contributed by atoms with E-state index in [0.717, 1.165) is 26.2 Å². The van der Waals surface area contributed by atoms with Gasteiger partial charge in [-0.3, -0.25) is 14.6 Å². The van der Waals surface area contributed by atoms with Gasteiger partial charge in [-0.25, -0.2) is 0 Å². The van der Waals surface area contributed by atoms with E-state index in [1.54, 1.807) is 0 Å². The van der Waals surface area contributed by atoms with Crippen LogP contribution >= 0.6 is 0 Å². The molecule has 2 aromatic rings. The normalized spacial score (nSPS) is 19.0. The standard InChI is InChI=1S/C23H30N2O2/c1-23(2,3)27-22(26)21-18-24(16-19-10-6-4-7-11-19)14-15-25(21)17-20-12-8-5-9-13-20/h4-13,21H,14-18H2,1-3H3. The molecule has 0 bridgehead atoms. The van der Waals surface area contributed by atoms with Crippen molar-refractivity contribution >= 4 is 5.97 Å². The summed E-state index contributed by atoms with van der Waals surface area (Å²) in [5.41, 5.74) is 2.02. The Hall–Kier alpha value is -2.17. The average Bonchev–Trinajstić information content (AvgIpc) is 2.63. The summed E-state index contributed by atoms with van der Waals surface area (Å²) in [6.07, 6.45) is 0. The van der Waals surface area contributed by atoms with Crippen LogP contribution in [-0.2, 0) is 22.6 Å². The summed E-state index contributed by atoms with van der Waals surface area (Å²) < 4.78 is 5.74. The van der Waals surface area contributed by atoms with E-state index in [-0.39, 0.29) is 12.0 Å². The van der Waals surface area contributed by atoms with E-state index < -0.39 is 5.60 Å². The van der Waals surface area contributed by atoms with Crippen LogP contribution in [0.25, 0.3) is 0 Å². The molecule has 1 aliphatic rings. The van der Waals surface area contributed by atoms with Gasteiger partial charge in [0.05, 0.1) is 0 Å². The second-order valence-corrected chi connectivity index (χ2v) is 8.23. The zero-order chi connectivity index (χ0) is 19.3. The number of piperazine rings is 1. The van der Waals surface area contributed by atoms with E-state index in [2.05, 4.69) is 46.2 Å². The molecule has 0 N–H and O–H groups in total. The molecule has 4 nitrogen and oxygen atoms in total. The fourth-order valence-corrected chi connectivity index (χ4v) is 3.46. The Morgan fingerprint density at radius 3 is 2.04 bits per heavy atom. The quantitative estimate of drug-likeness (QED) is 0.755. The van der Waals surface area contributed by atoms with Crippen LogP contribution in [0.2, 0.25) is 0 Å². The summed E-state index contributed by atoms with van der Waals surface area (Å²) in [6.45, 7) is 9.90. The number of esters is 1. The minimum Gasteiger partial charge on any atom is -0.459 e. The minimum absolute atomic E-state index is 0.129. The Labute approximate surface area is 162 Å². The van der Waals surface area contributed by atoms with Crippen molar-refractivity contribution in [1.29, 1.82) is 0 Å². The van der Waals surface area contributed by atoms with Crippen molar-refractivity contribution in [3.05, 3.63) is 71.8 Å². The predicted octanol–water partition coefficient (Wildman–Crippen LogP) is 3.71. The summed E-state index contributed by atoms with van der Waals surface area (Å²) >= 11 is 0. The number of rotatable bonds is 5. The number of ether oxygens (including phenoxy) is 1. The molecule has 0 aliphatic carbocycles. The Morgan fingerprint density at radius 2 is 1.48 bits per heavy atom. The zero-order valence-electron chi connectivity index (χ0n) is 16.6. The second-order valence-electron chi connectivity index (χ2n) is 8.23. The van der Waals surface area contributed by atoms with E-state index in [0.29, 0.717) is 6.54 Å². The van der Waals surface area contributed by atoms with E-state index >= 15 is 0 Å². The first-order valence-electron chi connectivity index (χ1n) is 9.68. The topological polar surface area (TPSA) is 32.8 Å². The molecule has 4 heteroatoms. The van der Waals surface area contributed by atoms with Crippen molar-refractivity contribution in [1.82, 2.24) is 9.80 Å². The van der Waals surface area contributed by atoms with Crippen molar-refractivity contribution < 1.29 is 9.53 Å². The van der Waals surface area contributed by atoms with Gasteiger partial charge >= 0.3 is 5.97 Å². The lowest BCUT2D eigenvalue weighted by Gasteiger charge is -2.41. The van der Waals surface area contributed by atoms with Crippen LogP contribution in [0.1, 0.15) is 31.9 Å². The van der Waals surface area contributed by atoms with Gasteiger partial charge in [0.2, 0.25) is 0 Å². The third-order valence-electron chi connectivity index (χ3n) is 4.73. The van der Waals surface area contributed by atoms with Gasteiger partial charge < -0.3 is 4.74 Å². The molecule has 1 saturated heterocycles. The van der Waals surface area contributed by atoms with Gasteiger partial charge in [-0.05, 0) is 31.9 Å². The highest BCUT2D eigenvalue weighted by Crippen LogP contribution is 2.19. The number of nitrogens with zero attached hydrogens (tertiary/aromatic N) is 2. The number of benzene rings is 2. The second kappa shape index (κ2) is 8.68. The molecule has 0 aromatic heterocycles. The fraction of sp³-hybridized carbons (Fsp3) is 0.435. The van der Waals surface area contributed by atoms with Gasteiger partial charge in [-0.1, -0.05) is 60.7 Å². The molecule has 27 heavy (non-hydrogen) atoms. The SMILES string of the molecule is CC(C)(C)OC(=O)C1CN(Cc2ccccc2)CCN1Cc1ccccc1. The van der Waals surface area contributed by atoms with Crippen molar-refractivity contribution in [3.63, 3.8) is 0 Å². The molecule has 144 valence electrons. The van der Waals surface area contributed by atoms with Gasteiger partial charge in [0.1, 0.15) is 11.6 Å². The van der Waals surface area contributed by atoms with Gasteiger partial charge in [0, 0.05) is 32.7 Å². The highest BCUT2D eigenvalue weighted by Gasteiger charge is 2.35. The van der Waals surface area contributed by atoms with E-state index in [9.17, 15) is 4.79 Å². The smallest absolute Gasteiger partial charge is 0.325 e. The van der Waals surface area contributed by atoms with Crippen LogP contribution in [0.5, 0.6) is 0 Å². The van der Waals surface area contributed by atoms with Crippen LogP contribution in [0.15, 0.2) is 60.7 Å². The predicted molar refractivity (Wildman–Crippen MR) is 108 cm³/mol. The summed E-state index contributed by atoms with van der Waals surface area (Å²) in [4.78, 5) is 17.5. The first kappa shape index (κ1) is 19.6. The Balaban J connectivity index is 1.72. The maximum Gasteiger partial charge on any atom is 0.325 e. The number of hydrogen-bond donors (Lipinski definition) is 0. The molecule has 0 radical (unpaired) electrons. The molecule has 1 atom stereocenters. The molecular weight excluding hydrogens is 336 g/mol. The highest BCUT2D eigenvalue weighted by atomic mass is 16.6. The molecule has 1 fully saturated rings. The van der Waals surface area contributed by atoms with Crippen LogP contribution in [0, 0.1) is 0 Å². The lowest BCUT2D eigenvalue weighted by Crippen LogP contribution is -2.56. The largest absolute Gasteiger partial charge is 0.459 e. The van der Waals surface area contributed by atoms with E-state index in [4.69, 9.17) is 4.74 Å². The molecule has 0 spiro atoms. The van der Waals surface area contributed by atoms with Gasteiger partial charge in [-0.15, -0.1) is 0 Å². The van der Waals surface area contributed by atoms with Crippen LogP contribution in [-0.4, -0.2) is 47.0 Å². The summed E-state index contributed by atoms with van der Waals surface area (Å²) in [5, 5.41) is 0.